The molecule has 0 aliphatic carbocycles. The van der Waals surface area contributed by atoms with Crippen LogP contribution in [0.3, 0.4) is 0 Å². The van der Waals surface area contributed by atoms with E-state index >= 15 is 0 Å². The molecular weight excluding hydrogens is 136 g/mol. The molecule has 0 spiro atoms. The average Bonchev–Trinajstić information content (AvgIpc) is 2.34. The van der Waals surface area contributed by atoms with Crippen molar-refractivity contribution >= 4 is 11.9 Å². The number of nitrogens with one attached hydrogen (secondary N) is 2. The molecule has 0 radical (unpaired) electrons. The molecule has 1 unspecified atom stereocenters. The number of amides is 1. The van der Waals surface area contributed by atoms with Crippen LogP contribution in [-0.2, 0) is 14.3 Å². The summed E-state index contributed by atoms with van der Waals surface area (Å²) in [6.45, 7) is 0.180. The van der Waals surface area contributed by atoms with E-state index in [2.05, 4.69) is 15.4 Å². The molecule has 1 atom stereocenters. The summed E-state index contributed by atoms with van der Waals surface area (Å²) < 4.78 is 4.37. The van der Waals surface area contributed by atoms with Crippen molar-refractivity contribution in [1.29, 1.82) is 0 Å². The third-order valence-corrected chi connectivity index (χ3v) is 1.21. The highest BCUT2D eigenvalue weighted by Gasteiger charge is 2.26. The van der Waals surface area contributed by atoms with Gasteiger partial charge in [-0.05, 0) is 0 Å². The van der Waals surface area contributed by atoms with Crippen molar-refractivity contribution < 1.29 is 14.3 Å². The van der Waals surface area contributed by atoms with Crippen molar-refractivity contribution in [2.45, 2.75) is 6.17 Å². The van der Waals surface area contributed by atoms with Crippen LogP contribution in [0.2, 0.25) is 0 Å². The zero-order valence-corrected chi connectivity index (χ0v) is 5.51. The van der Waals surface area contributed by atoms with Crippen molar-refractivity contribution in [2.24, 2.45) is 0 Å². The van der Waals surface area contributed by atoms with Crippen molar-refractivity contribution in [3.63, 3.8) is 0 Å². The third kappa shape index (κ3) is 1.24. The predicted molar refractivity (Wildman–Crippen MR) is 31.9 cm³/mol. The number of hydrogen-bond acceptors (Lipinski definition) is 4. The van der Waals surface area contributed by atoms with Gasteiger partial charge in [-0.2, -0.15) is 0 Å². The summed E-state index contributed by atoms with van der Waals surface area (Å²) in [4.78, 5) is 21.2. The highest BCUT2D eigenvalue weighted by atomic mass is 16.5. The van der Waals surface area contributed by atoms with E-state index in [4.69, 9.17) is 0 Å². The van der Waals surface area contributed by atoms with Crippen LogP contribution in [-0.4, -0.2) is 31.7 Å². The molecule has 1 amide bonds. The number of ether oxygens (including phenoxy) is 1. The van der Waals surface area contributed by atoms with Crippen LogP contribution in [0.15, 0.2) is 0 Å². The molecule has 0 bridgehead atoms. The largest absolute Gasteiger partial charge is 0.466 e. The molecule has 1 heterocycles. The summed E-state index contributed by atoms with van der Waals surface area (Å²) in [7, 11) is 1.27. The third-order valence-electron chi connectivity index (χ3n) is 1.21. The Morgan fingerprint density at radius 2 is 2.50 bits per heavy atom. The SMILES string of the molecule is COC(=O)C1NCC(=O)N1. The lowest BCUT2D eigenvalue weighted by atomic mass is 10.5. The Hall–Kier alpha value is -1.10. The maximum absolute atomic E-state index is 10.7. The van der Waals surface area contributed by atoms with Crippen LogP contribution < -0.4 is 10.6 Å². The fourth-order valence-corrected chi connectivity index (χ4v) is 0.718. The number of methoxy groups -OCH3 is 1. The first-order chi connectivity index (χ1) is 4.74. The molecule has 1 rings (SSSR count). The normalized spacial score (nSPS) is 24.1. The van der Waals surface area contributed by atoms with Gasteiger partial charge in [0.25, 0.3) is 0 Å². The lowest BCUT2D eigenvalue weighted by Crippen LogP contribution is -2.40. The smallest absolute Gasteiger partial charge is 0.343 e. The molecule has 10 heavy (non-hydrogen) atoms. The minimum atomic E-state index is -0.655. The summed E-state index contributed by atoms with van der Waals surface area (Å²) in [5.74, 6) is -0.652. The Balaban J connectivity index is 2.44. The lowest BCUT2D eigenvalue weighted by molar-refractivity contribution is -0.144. The summed E-state index contributed by atoms with van der Waals surface area (Å²) in [5, 5.41) is 5.00. The minimum Gasteiger partial charge on any atom is -0.466 e. The summed E-state index contributed by atoms with van der Waals surface area (Å²) in [6, 6.07) is 0. The number of esters is 1. The molecule has 5 heteroatoms. The first-order valence-corrected chi connectivity index (χ1v) is 2.84. The molecule has 0 aromatic heterocycles. The molecule has 1 fully saturated rings. The Kier molecular flexibility index (Phi) is 1.86. The van der Waals surface area contributed by atoms with E-state index < -0.39 is 12.1 Å². The second kappa shape index (κ2) is 2.66. The summed E-state index contributed by atoms with van der Waals surface area (Å²) in [5.41, 5.74) is 0. The van der Waals surface area contributed by atoms with Crippen molar-refractivity contribution in [3.8, 4) is 0 Å². The number of hydrogen-bond donors (Lipinski definition) is 2. The van der Waals surface area contributed by atoms with Gasteiger partial charge in [0.2, 0.25) is 5.91 Å². The quantitative estimate of drug-likeness (QED) is 0.426. The van der Waals surface area contributed by atoms with Crippen LogP contribution in [0.4, 0.5) is 0 Å². The van der Waals surface area contributed by atoms with Crippen molar-refractivity contribution in [3.05, 3.63) is 0 Å². The van der Waals surface area contributed by atoms with Crippen LogP contribution in [0, 0.1) is 0 Å². The van der Waals surface area contributed by atoms with Gasteiger partial charge in [0.15, 0.2) is 6.17 Å². The Labute approximate surface area is 57.7 Å². The van der Waals surface area contributed by atoms with E-state index in [0.717, 1.165) is 0 Å². The second-order valence-electron chi connectivity index (χ2n) is 1.90. The summed E-state index contributed by atoms with van der Waals surface area (Å²) in [6.07, 6.45) is -0.655. The van der Waals surface area contributed by atoms with Gasteiger partial charge in [0.05, 0.1) is 13.7 Å². The first-order valence-electron chi connectivity index (χ1n) is 2.84. The van der Waals surface area contributed by atoms with E-state index in [1.165, 1.54) is 7.11 Å². The number of carbonyl (C=O) groups excluding carboxylic acids is 2. The van der Waals surface area contributed by atoms with Gasteiger partial charge < -0.3 is 10.1 Å². The Morgan fingerprint density at radius 3 is 2.90 bits per heavy atom. The molecule has 5 nitrogen and oxygen atoms in total. The Morgan fingerprint density at radius 1 is 1.80 bits per heavy atom. The van der Waals surface area contributed by atoms with Gasteiger partial charge in [-0.1, -0.05) is 0 Å². The topological polar surface area (TPSA) is 67.4 Å². The minimum absolute atomic E-state index is 0.180. The molecule has 0 aromatic rings. The number of rotatable bonds is 1. The molecule has 2 N–H and O–H groups in total. The van der Waals surface area contributed by atoms with Crippen molar-refractivity contribution in [1.82, 2.24) is 10.6 Å². The lowest BCUT2D eigenvalue weighted by Gasteiger charge is -2.05. The maximum Gasteiger partial charge on any atom is 0.343 e. The van der Waals surface area contributed by atoms with E-state index in [1.54, 1.807) is 0 Å². The molecule has 56 valence electrons. The van der Waals surface area contributed by atoms with Crippen LogP contribution in [0.1, 0.15) is 0 Å². The van der Waals surface area contributed by atoms with Gasteiger partial charge in [0, 0.05) is 0 Å². The Bertz CT molecular complexity index is 168. The molecular formula is C5H8N2O3. The van der Waals surface area contributed by atoms with E-state index in [-0.39, 0.29) is 12.5 Å². The zero-order valence-electron chi connectivity index (χ0n) is 5.51. The first kappa shape index (κ1) is 7.01. The highest BCUT2D eigenvalue weighted by Crippen LogP contribution is 1.88. The molecule has 0 saturated carbocycles. The maximum atomic E-state index is 10.7. The molecule has 0 aromatic carbocycles. The second-order valence-corrected chi connectivity index (χ2v) is 1.90. The highest BCUT2D eigenvalue weighted by molar-refractivity contribution is 5.88. The number of carbonyl (C=O) groups is 2. The van der Waals surface area contributed by atoms with Gasteiger partial charge >= 0.3 is 5.97 Å². The van der Waals surface area contributed by atoms with Crippen LogP contribution in [0.25, 0.3) is 0 Å². The molecule has 1 aliphatic rings. The summed E-state index contributed by atoms with van der Waals surface area (Å²) >= 11 is 0. The fraction of sp³-hybridized carbons (Fsp3) is 0.600. The standard InChI is InChI=1S/C5H8N2O3/c1-10-5(9)4-6-2-3(8)7-4/h4,6H,2H2,1H3,(H,7,8). The van der Waals surface area contributed by atoms with Gasteiger partial charge in [-0.3, -0.25) is 10.1 Å². The molecule has 1 aliphatic heterocycles. The van der Waals surface area contributed by atoms with Crippen LogP contribution >= 0.6 is 0 Å². The fourth-order valence-electron chi connectivity index (χ4n) is 0.718. The zero-order chi connectivity index (χ0) is 7.56. The van der Waals surface area contributed by atoms with Crippen molar-refractivity contribution in [2.75, 3.05) is 13.7 Å². The van der Waals surface area contributed by atoms with Gasteiger partial charge in [-0.25, -0.2) is 4.79 Å². The monoisotopic (exact) mass is 144 g/mol. The predicted octanol–water partition coefficient (Wildman–Crippen LogP) is -1.80. The van der Waals surface area contributed by atoms with E-state index in [9.17, 15) is 9.59 Å². The van der Waals surface area contributed by atoms with Gasteiger partial charge in [-0.15, -0.1) is 0 Å². The molecule has 1 saturated heterocycles. The van der Waals surface area contributed by atoms with Crippen LogP contribution in [0.5, 0.6) is 0 Å². The van der Waals surface area contributed by atoms with Gasteiger partial charge in [0.1, 0.15) is 0 Å². The van der Waals surface area contributed by atoms with E-state index in [1.807, 2.05) is 0 Å². The average molecular weight is 144 g/mol. The van der Waals surface area contributed by atoms with E-state index in [0.29, 0.717) is 0 Å².